The molecule has 0 aromatic heterocycles. The highest BCUT2D eigenvalue weighted by atomic mass is 31.2. The van der Waals surface area contributed by atoms with Crippen LogP contribution >= 0.6 is 7.82 Å². The van der Waals surface area contributed by atoms with E-state index in [0.29, 0.717) is 12.8 Å². The summed E-state index contributed by atoms with van der Waals surface area (Å²) < 4.78 is 33.5. The topological polar surface area (TPSA) is 210 Å². The summed E-state index contributed by atoms with van der Waals surface area (Å²) in [6, 6.07) is 0. The Labute approximate surface area is 368 Å². The molecule has 1 aliphatic rings. The Morgan fingerprint density at radius 2 is 0.885 bits per heavy atom. The maximum absolute atomic E-state index is 12.8. The third-order valence-corrected chi connectivity index (χ3v) is 11.9. The van der Waals surface area contributed by atoms with Crippen molar-refractivity contribution in [3.05, 3.63) is 36.5 Å². The molecule has 6 N–H and O–H groups in total. The zero-order chi connectivity index (χ0) is 45.0. The lowest BCUT2D eigenvalue weighted by molar-refractivity contribution is -0.220. The first-order valence-electron chi connectivity index (χ1n) is 23.8. The molecule has 0 heterocycles. The van der Waals surface area contributed by atoms with Gasteiger partial charge in [0.25, 0.3) is 0 Å². The lowest BCUT2D eigenvalue weighted by Crippen LogP contribution is -2.64. The van der Waals surface area contributed by atoms with Crippen LogP contribution in [-0.2, 0) is 32.7 Å². The molecule has 0 amide bonds. The van der Waals surface area contributed by atoms with Crippen LogP contribution in [0.15, 0.2) is 36.5 Å². The number of phosphoric acid groups is 1. The minimum absolute atomic E-state index is 0.0889. The Bertz CT molecular complexity index is 1210. The van der Waals surface area contributed by atoms with Crippen LogP contribution in [0.3, 0.4) is 0 Å². The number of carbonyl (C=O) groups excluding carboxylic acids is 2. The van der Waals surface area contributed by atoms with Gasteiger partial charge < -0.3 is 39.9 Å². The monoisotopic (exact) mass is 889 g/mol. The quantitative estimate of drug-likeness (QED) is 0.0147. The summed E-state index contributed by atoms with van der Waals surface area (Å²) in [5.74, 6) is -1.12. The Balaban J connectivity index is 2.46. The standard InChI is InChI=1S/C47H85O13P/c1-3-5-7-9-11-13-15-17-19-20-22-24-26-28-30-32-34-36-41(49)59-39(38-58-61(55,56)60-47-45(53)43(51)42(50)44(52)46(47)54)37-57-40(48)35-33-31-29-27-25-23-21-18-16-14-12-10-8-6-4-2/h12,14,17-19,21,39,42-47,50-54H,3-11,13,15-16,20,22-38H2,1-2H3,(H,55,56)/b14-12+,19-17+,21-18+/t39-,42?,43+,44?,45?,46?,47?/m1/s1. The van der Waals surface area contributed by atoms with E-state index in [-0.39, 0.29) is 12.8 Å². The maximum atomic E-state index is 12.8. The van der Waals surface area contributed by atoms with E-state index >= 15 is 0 Å². The number of aliphatic hydroxyl groups is 5. The molecule has 1 aliphatic carbocycles. The Morgan fingerprint density at radius 1 is 0.508 bits per heavy atom. The minimum atomic E-state index is -5.12. The molecule has 0 aromatic rings. The summed E-state index contributed by atoms with van der Waals surface area (Å²) in [6.45, 7) is 3.26. The third-order valence-electron chi connectivity index (χ3n) is 11.0. The van der Waals surface area contributed by atoms with Crippen molar-refractivity contribution < 1.29 is 63.1 Å². The van der Waals surface area contributed by atoms with Gasteiger partial charge in [0.15, 0.2) is 6.10 Å². The van der Waals surface area contributed by atoms with Crippen LogP contribution in [0.25, 0.3) is 0 Å². The predicted octanol–water partition coefficient (Wildman–Crippen LogP) is 9.39. The van der Waals surface area contributed by atoms with Crippen molar-refractivity contribution >= 4 is 19.8 Å². The normalized spacial score (nSPS) is 22.3. The number of hydrogen-bond acceptors (Lipinski definition) is 12. The molecule has 0 aliphatic heterocycles. The van der Waals surface area contributed by atoms with Gasteiger partial charge in [0.1, 0.15) is 43.2 Å². The van der Waals surface area contributed by atoms with Crippen molar-refractivity contribution in [2.24, 2.45) is 0 Å². The van der Waals surface area contributed by atoms with Gasteiger partial charge in [-0.25, -0.2) is 4.57 Å². The van der Waals surface area contributed by atoms with Gasteiger partial charge in [-0.1, -0.05) is 147 Å². The van der Waals surface area contributed by atoms with Crippen molar-refractivity contribution in [3.8, 4) is 0 Å². The second kappa shape index (κ2) is 37.4. The molecule has 1 rings (SSSR count). The fourth-order valence-corrected chi connectivity index (χ4v) is 8.05. The van der Waals surface area contributed by atoms with Gasteiger partial charge in [0.05, 0.1) is 6.61 Å². The van der Waals surface area contributed by atoms with Crippen LogP contribution in [0.5, 0.6) is 0 Å². The molecule has 8 atom stereocenters. The molecule has 1 saturated carbocycles. The van der Waals surface area contributed by atoms with Gasteiger partial charge >= 0.3 is 19.8 Å². The van der Waals surface area contributed by atoms with E-state index in [1.807, 2.05) is 0 Å². The molecule has 356 valence electrons. The van der Waals surface area contributed by atoms with Crippen LogP contribution in [-0.4, -0.2) is 98.3 Å². The zero-order valence-electron chi connectivity index (χ0n) is 37.7. The van der Waals surface area contributed by atoms with Crippen molar-refractivity contribution in [3.63, 3.8) is 0 Å². The number of rotatable bonds is 39. The number of esters is 2. The first kappa shape index (κ1) is 57.1. The third kappa shape index (κ3) is 30.0. The average molecular weight is 889 g/mol. The summed E-state index contributed by atoms with van der Waals surface area (Å²) in [7, 11) is -5.12. The molecule has 0 bridgehead atoms. The van der Waals surface area contributed by atoms with Gasteiger partial charge in [-0.2, -0.15) is 0 Å². The molecule has 0 saturated heterocycles. The van der Waals surface area contributed by atoms with E-state index in [0.717, 1.165) is 77.0 Å². The molecule has 1 fully saturated rings. The van der Waals surface area contributed by atoms with Gasteiger partial charge in [-0.3, -0.25) is 18.6 Å². The Kier molecular flexibility index (Phi) is 35.0. The van der Waals surface area contributed by atoms with Crippen molar-refractivity contribution in [2.75, 3.05) is 13.2 Å². The van der Waals surface area contributed by atoms with Crippen LogP contribution in [0, 0.1) is 0 Å². The van der Waals surface area contributed by atoms with Gasteiger partial charge in [0.2, 0.25) is 0 Å². The summed E-state index contributed by atoms with van der Waals surface area (Å²) in [5.41, 5.74) is 0. The molecule has 14 heteroatoms. The number of allylic oxidation sites excluding steroid dienone is 6. The smallest absolute Gasteiger partial charge is 0.462 e. The van der Waals surface area contributed by atoms with E-state index in [9.17, 15) is 44.6 Å². The fourth-order valence-electron chi connectivity index (χ4n) is 7.08. The summed E-state index contributed by atoms with van der Waals surface area (Å²) in [4.78, 5) is 35.7. The van der Waals surface area contributed by atoms with E-state index < -0.39 is 75.7 Å². The zero-order valence-corrected chi connectivity index (χ0v) is 38.6. The lowest BCUT2D eigenvalue weighted by Gasteiger charge is -2.41. The molecular weight excluding hydrogens is 803 g/mol. The number of hydrogen-bond donors (Lipinski definition) is 6. The fraction of sp³-hybridized carbons (Fsp3) is 0.830. The molecule has 0 spiro atoms. The van der Waals surface area contributed by atoms with Crippen molar-refractivity contribution in [1.82, 2.24) is 0 Å². The average Bonchev–Trinajstić information content (AvgIpc) is 3.24. The van der Waals surface area contributed by atoms with Crippen LogP contribution in [0.2, 0.25) is 0 Å². The summed E-state index contributed by atoms with van der Waals surface area (Å²) in [6.07, 6.45) is 29.0. The van der Waals surface area contributed by atoms with Crippen LogP contribution < -0.4 is 0 Å². The van der Waals surface area contributed by atoms with Crippen molar-refractivity contribution in [2.45, 2.75) is 236 Å². The number of unbranched alkanes of at least 4 members (excludes halogenated alkanes) is 21. The number of phosphoric ester groups is 1. The number of ether oxygens (including phenoxy) is 2. The molecule has 6 unspecified atom stereocenters. The second-order valence-electron chi connectivity index (χ2n) is 16.6. The predicted molar refractivity (Wildman–Crippen MR) is 240 cm³/mol. The Hall–Kier alpha value is -1.93. The van der Waals surface area contributed by atoms with Gasteiger partial charge in [-0.05, 0) is 70.6 Å². The van der Waals surface area contributed by atoms with E-state index in [2.05, 4.69) is 50.3 Å². The van der Waals surface area contributed by atoms with Crippen LogP contribution in [0.1, 0.15) is 194 Å². The van der Waals surface area contributed by atoms with E-state index in [4.69, 9.17) is 18.5 Å². The second-order valence-corrected chi connectivity index (χ2v) is 18.0. The van der Waals surface area contributed by atoms with Gasteiger partial charge in [-0.15, -0.1) is 0 Å². The maximum Gasteiger partial charge on any atom is 0.472 e. The minimum Gasteiger partial charge on any atom is -0.462 e. The summed E-state index contributed by atoms with van der Waals surface area (Å²) in [5, 5.41) is 50.2. The highest BCUT2D eigenvalue weighted by Gasteiger charge is 2.51. The lowest BCUT2D eigenvalue weighted by atomic mass is 9.85. The summed E-state index contributed by atoms with van der Waals surface area (Å²) >= 11 is 0. The SMILES string of the molecule is CCCCC/C=C/C/C=C/CCCCCCCC(=O)OC[C@H](COP(=O)(O)OC1C(O)C(O)C(O)[C@H](O)C1O)OC(=O)CCCCCCCCC/C=C/CCCCCCCC. The Morgan fingerprint density at radius 3 is 1.38 bits per heavy atom. The van der Waals surface area contributed by atoms with E-state index in [1.165, 1.54) is 77.0 Å². The molecule has 0 aromatic carbocycles. The van der Waals surface area contributed by atoms with Gasteiger partial charge in [0, 0.05) is 12.8 Å². The first-order valence-corrected chi connectivity index (χ1v) is 25.3. The molecule has 13 nitrogen and oxygen atoms in total. The largest absolute Gasteiger partial charge is 0.472 e. The van der Waals surface area contributed by atoms with E-state index in [1.54, 1.807) is 0 Å². The molecular formula is C47H85O13P. The number of aliphatic hydroxyl groups excluding tert-OH is 5. The van der Waals surface area contributed by atoms with Crippen LogP contribution in [0.4, 0.5) is 0 Å². The highest BCUT2D eigenvalue weighted by molar-refractivity contribution is 7.47. The first-order chi connectivity index (χ1) is 29.4. The number of carbonyl (C=O) groups is 2. The van der Waals surface area contributed by atoms with Crippen molar-refractivity contribution in [1.29, 1.82) is 0 Å². The highest BCUT2D eigenvalue weighted by Crippen LogP contribution is 2.47. The molecule has 0 radical (unpaired) electrons. The molecule has 61 heavy (non-hydrogen) atoms.